The molecule has 1 atom stereocenters. The maximum absolute atomic E-state index is 4.81. The van der Waals surface area contributed by atoms with E-state index in [2.05, 4.69) is 48.8 Å². The minimum Gasteiger partial charge on any atom is -0.303 e. The third-order valence-electron chi connectivity index (χ3n) is 2.88. The number of nitrogens with one attached hydrogen (secondary N) is 1. The molecule has 0 fully saturated rings. The Kier molecular flexibility index (Phi) is 4.38. The van der Waals surface area contributed by atoms with E-state index < -0.39 is 0 Å². The average Bonchev–Trinajstić information content (AvgIpc) is 2.93. The molecule has 3 nitrogen and oxygen atoms in total. The Hall–Kier alpha value is -0.780. The van der Waals surface area contributed by atoms with E-state index in [0.717, 1.165) is 27.9 Å². The zero-order chi connectivity index (χ0) is 14.0. The molecule has 2 rings (SSSR count). The van der Waals surface area contributed by atoms with Crippen LogP contribution >= 0.6 is 22.7 Å². The van der Waals surface area contributed by atoms with Gasteiger partial charge in [-0.05, 0) is 13.5 Å². The van der Waals surface area contributed by atoms with Crippen molar-refractivity contribution >= 4 is 22.7 Å². The molecule has 104 valence electrons. The first-order valence-electron chi connectivity index (χ1n) is 6.53. The van der Waals surface area contributed by atoms with Crippen molar-refractivity contribution in [2.75, 3.05) is 6.54 Å². The average molecular weight is 295 g/mol. The lowest BCUT2D eigenvalue weighted by atomic mass is 9.93. The highest BCUT2D eigenvalue weighted by atomic mass is 32.1. The zero-order valence-corrected chi connectivity index (χ0v) is 13.8. The molecule has 0 aliphatic rings. The Morgan fingerprint density at radius 3 is 2.42 bits per heavy atom. The molecule has 0 amide bonds. The molecule has 0 radical (unpaired) electrons. The number of nitrogens with zero attached hydrogens (tertiary/aromatic N) is 2. The van der Waals surface area contributed by atoms with Crippen molar-refractivity contribution in [2.45, 2.75) is 46.1 Å². The van der Waals surface area contributed by atoms with Crippen molar-refractivity contribution in [1.82, 2.24) is 15.3 Å². The number of rotatable bonds is 4. The second kappa shape index (κ2) is 5.69. The molecule has 0 saturated heterocycles. The van der Waals surface area contributed by atoms with Gasteiger partial charge in [0.15, 0.2) is 0 Å². The Balaban J connectivity index is 2.32. The van der Waals surface area contributed by atoms with E-state index in [1.165, 1.54) is 0 Å². The molecule has 1 N–H and O–H groups in total. The topological polar surface area (TPSA) is 37.8 Å². The Morgan fingerprint density at radius 2 is 1.95 bits per heavy atom. The van der Waals surface area contributed by atoms with Gasteiger partial charge < -0.3 is 5.32 Å². The minimum absolute atomic E-state index is 0.101. The van der Waals surface area contributed by atoms with Crippen molar-refractivity contribution in [3.05, 3.63) is 32.2 Å². The summed E-state index contributed by atoms with van der Waals surface area (Å²) in [6.07, 6.45) is 0. The van der Waals surface area contributed by atoms with E-state index in [-0.39, 0.29) is 11.5 Å². The van der Waals surface area contributed by atoms with E-state index in [1.54, 1.807) is 22.7 Å². The van der Waals surface area contributed by atoms with Crippen LogP contribution in [0, 0.1) is 6.92 Å². The smallest absolute Gasteiger partial charge is 0.116 e. The van der Waals surface area contributed by atoms with Crippen molar-refractivity contribution in [2.24, 2.45) is 0 Å². The molecule has 0 saturated carbocycles. The highest BCUT2D eigenvalue weighted by Crippen LogP contribution is 2.30. The fraction of sp³-hybridized carbons (Fsp3) is 0.571. The SMILES string of the molecule is CCNC(c1csc(C)n1)c1nc(C(C)(C)C)cs1. The van der Waals surface area contributed by atoms with E-state index in [4.69, 9.17) is 4.98 Å². The van der Waals surface area contributed by atoms with Crippen LogP contribution in [-0.2, 0) is 5.41 Å². The molecular weight excluding hydrogens is 274 g/mol. The second-order valence-electron chi connectivity index (χ2n) is 5.60. The molecule has 0 spiro atoms. The van der Waals surface area contributed by atoms with E-state index in [9.17, 15) is 0 Å². The maximum Gasteiger partial charge on any atom is 0.116 e. The van der Waals surface area contributed by atoms with Gasteiger partial charge in [0.2, 0.25) is 0 Å². The summed E-state index contributed by atoms with van der Waals surface area (Å²) in [6, 6.07) is 0.121. The lowest BCUT2D eigenvalue weighted by Gasteiger charge is -2.16. The summed E-state index contributed by atoms with van der Waals surface area (Å²) < 4.78 is 0. The second-order valence-corrected chi connectivity index (χ2v) is 7.55. The van der Waals surface area contributed by atoms with E-state index in [1.807, 2.05) is 6.92 Å². The van der Waals surface area contributed by atoms with Crippen molar-refractivity contribution < 1.29 is 0 Å². The van der Waals surface area contributed by atoms with Crippen LogP contribution in [0.3, 0.4) is 0 Å². The van der Waals surface area contributed by atoms with Crippen LogP contribution < -0.4 is 5.32 Å². The van der Waals surface area contributed by atoms with Gasteiger partial charge in [-0.15, -0.1) is 22.7 Å². The zero-order valence-electron chi connectivity index (χ0n) is 12.2. The first kappa shape index (κ1) is 14.6. The maximum atomic E-state index is 4.81. The van der Waals surface area contributed by atoms with Gasteiger partial charge >= 0.3 is 0 Å². The Labute approximate surface area is 123 Å². The summed E-state index contributed by atoms with van der Waals surface area (Å²) in [6.45, 7) is 11.7. The molecule has 1 unspecified atom stereocenters. The van der Waals surface area contributed by atoms with Crippen LogP contribution in [0.5, 0.6) is 0 Å². The van der Waals surface area contributed by atoms with Crippen LogP contribution in [0.25, 0.3) is 0 Å². The van der Waals surface area contributed by atoms with Crippen molar-refractivity contribution in [3.63, 3.8) is 0 Å². The fourth-order valence-electron chi connectivity index (χ4n) is 1.80. The van der Waals surface area contributed by atoms with Crippen LogP contribution in [-0.4, -0.2) is 16.5 Å². The number of hydrogen-bond donors (Lipinski definition) is 1. The molecule has 2 heterocycles. The first-order valence-corrected chi connectivity index (χ1v) is 8.29. The summed E-state index contributed by atoms with van der Waals surface area (Å²) in [7, 11) is 0. The highest BCUT2D eigenvalue weighted by Gasteiger charge is 2.23. The van der Waals surface area contributed by atoms with Gasteiger partial charge in [-0.1, -0.05) is 27.7 Å². The summed E-state index contributed by atoms with van der Waals surface area (Å²) in [5, 5.41) is 9.99. The Morgan fingerprint density at radius 1 is 1.21 bits per heavy atom. The summed E-state index contributed by atoms with van der Waals surface area (Å²) in [5.74, 6) is 0. The van der Waals surface area contributed by atoms with Crippen LogP contribution in [0.4, 0.5) is 0 Å². The first-order chi connectivity index (χ1) is 8.91. The molecule has 0 aromatic carbocycles. The van der Waals surface area contributed by atoms with Gasteiger partial charge in [0.05, 0.1) is 16.4 Å². The largest absolute Gasteiger partial charge is 0.303 e. The number of aryl methyl sites for hydroxylation is 1. The van der Waals surface area contributed by atoms with Gasteiger partial charge in [0, 0.05) is 16.2 Å². The number of aromatic nitrogens is 2. The van der Waals surface area contributed by atoms with Crippen LogP contribution in [0.15, 0.2) is 10.8 Å². The molecule has 5 heteroatoms. The normalized spacial score (nSPS) is 13.7. The summed E-state index contributed by atoms with van der Waals surface area (Å²) in [5.41, 5.74) is 2.34. The predicted molar refractivity (Wildman–Crippen MR) is 83.2 cm³/mol. The molecule has 0 aliphatic heterocycles. The minimum atomic E-state index is 0.101. The van der Waals surface area contributed by atoms with Gasteiger partial charge in [-0.3, -0.25) is 0 Å². The molecule has 2 aromatic heterocycles. The van der Waals surface area contributed by atoms with Crippen LogP contribution in [0.1, 0.15) is 55.1 Å². The molecule has 19 heavy (non-hydrogen) atoms. The Bertz CT molecular complexity index is 537. The predicted octanol–water partition coefficient (Wildman–Crippen LogP) is 3.90. The summed E-state index contributed by atoms with van der Waals surface area (Å²) >= 11 is 3.41. The lowest BCUT2D eigenvalue weighted by molar-refractivity contribution is 0.560. The fourth-order valence-corrected chi connectivity index (χ4v) is 3.57. The monoisotopic (exact) mass is 295 g/mol. The lowest BCUT2D eigenvalue weighted by Crippen LogP contribution is -2.22. The number of thiazole rings is 2. The summed E-state index contributed by atoms with van der Waals surface area (Å²) in [4.78, 5) is 9.41. The van der Waals surface area contributed by atoms with Gasteiger partial charge in [-0.25, -0.2) is 9.97 Å². The third-order valence-corrected chi connectivity index (χ3v) is 4.58. The van der Waals surface area contributed by atoms with Crippen molar-refractivity contribution in [3.8, 4) is 0 Å². The molecular formula is C14H21N3S2. The molecule has 2 aromatic rings. The van der Waals surface area contributed by atoms with Crippen LogP contribution in [0.2, 0.25) is 0 Å². The van der Waals surface area contributed by atoms with Gasteiger partial charge in [-0.2, -0.15) is 0 Å². The van der Waals surface area contributed by atoms with Crippen molar-refractivity contribution in [1.29, 1.82) is 0 Å². The molecule has 0 aliphatic carbocycles. The van der Waals surface area contributed by atoms with E-state index in [0.29, 0.717) is 0 Å². The third kappa shape index (κ3) is 3.41. The standard InChI is InChI=1S/C14H21N3S2/c1-6-15-12(10-7-18-9(2)16-10)13-17-11(8-19-13)14(3,4)5/h7-8,12,15H,6H2,1-5H3. The highest BCUT2D eigenvalue weighted by molar-refractivity contribution is 7.10. The van der Waals surface area contributed by atoms with E-state index >= 15 is 0 Å². The van der Waals surface area contributed by atoms with Gasteiger partial charge in [0.25, 0.3) is 0 Å². The number of hydrogen-bond acceptors (Lipinski definition) is 5. The quantitative estimate of drug-likeness (QED) is 0.929. The van der Waals surface area contributed by atoms with Gasteiger partial charge in [0.1, 0.15) is 11.0 Å². The molecule has 0 bridgehead atoms.